The number of benzene rings is 2. The second kappa shape index (κ2) is 4.85. The lowest BCUT2D eigenvalue weighted by atomic mass is 9.84. The molecule has 0 amide bonds. The van der Waals surface area contributed by atoms with Gasteiger partial charge in [0.15, 0.2) is 6.23 Å². The predicted octanol–water partition coefficient (Wildman–Crippen LogP) is 3.08. The number of hydrogen-bond donors (Lipinski definition) is 4. The van der Waals surface area contributed by atoms with Gasteiger partial charge >= 0.3 is 0 Å². The van der Waals surface area contributed by atoms with Crippen molar-refractivity contribution in [2.75, 3.05) is 5.32 Å². The lowest BCUT2D eigenvalue weighted by Gasteiger charge is -2.35. The Hall–Kier alpha value is -2.30. The zero-order chi connectivity index (χ0) is 16.3. The van der Waals surface area contributed by atoms with Crippen molar-refractivity contribution in [2.24, 2.45) is 0 Å². The van der Waals surface area contributed by atoms with Crippen molar-refractivity contribution in [3.63, 3.8) is 0 Å². The Morgan fingerprint density at radius 1 is 1.08 bits per heavy atom. The van der Waals surface area contributed by atoms with Gasteiger partial charge in [0.05, 0.1) is 0 Å². The van der Waals surface area contributed by atoms with Crippen molar-refractivity contribution in [1.82, 2.24) is 10.3 Å². The molecule has 4 nitrogen and oxygen atoms in total. The van der Waals surface area contributed by atoms with E-state index in [2.05, 4.69) is 52.9 Å². The summed E-state index contributed by atoms with van der Waals surface area (Å²) >= 11 is 0. The largest absolute Gasteiger partial charge is 0.371 e. The average Bonchev–Trinajstić information content (AvgIpc) is 3.04. The van der Waals surface area contributed by atoms with Crippen LogP contribution in [0, 0.1) is 0 Å². The number of anilines is 1. The van der Waals surface area contributed by atoms with E-state index < -0.39 is 11.8 Å². The van der Waals surface area contributed by atoms with E-state index in [-0.39, 0.29) is 0 Å². The molecule has 2 aromatic carbocycles. The van der Waals surface area contributed by atoms with Gasteiger partial charge in [0, 0.05) is 33.9 Å². The van der Waals surface area contributed by atoms with Crippen LogP contribution in [-0.2, 0) is 12.0 Å². The van der Waals surface area contributed by atoms with E-state index in [9.17, 15) is 5.11 Å². The van der Waals surface area contributed by atoms with Crippen molar-refractivity contribution in [2.45, 2.75) is 37.6 Å². The molecule has 0 aliphatic carbocycles. The van der Waals surface area contributed by atoms with Crippen LogP contribution in [0.15, 0.2) is 48.5 Å². The van der Waals surface area contributed by atoms with Gasteiger partial charge in [0.2, 0.25) is 0 Å². The number of aromatic amines is 1. The molecule has 2 aliphatic rings. The molecule has 3 aromatic rings. The molecule has 0 saturated carbocycles. The third-order valence-corrected chi connectivity index (χ3v) is 5.56. The van der Waals surface area contributed by atoms with Crippen LogP contribution in [0.4, 0.5) is 5.69 Å². The molecular weight excluding hydrogens is 298 g/mol. The first-order chi connectivity index (χ1) is 11.7. The first kappa shape index (κ1) is 14.1. The molecule has 4 N–H and O–H groups in total. The highest BCUT2D eigenvalue weighted by Crippen LogP contribution is 2.47. The van der Waals surface area contributed by atoms with Gasteiger partial charge in [-0.1, -0.05) is 36.4 Å². The molecule has 0 radical (unpaired) electrons. The van der Waals surface area contributed by atoms with Crippen LogP contribution in [0.25, 0.3) is 10.9 Å². The van der Waals surface area contributed by atoms with Crippen LogP contribution in [0.3, 0.4) is 0 Å². The van der Waals surface area contributed by atoms with Crippen LogP contribution in [0.2, 0.25) is 0 Å². The topological polar surface area (TPSA) is 60.1 Å². The number of fused-ring (bicyclic) bond motifs is 6. The molecule has 0 fully saturated rings. The van der Waals surface area contributed by atoms with E-state index in [1.807, 2.05) is 18.2 Å². The first-order valence-electron chi connectivity index (χ1n) is 8.62. The van der Waals surface area contributed by atoms with E-state index in [1.165, 1.54) is 10.9 Å². The molecule has 1 spiro atoms. The summed E-state index contributed by atoms with van der Waals surface area (Å²) in [4.78, 5) is 3.62. The summed E-state index contributed by atoms with van der Waals surface area (Å²) in [5.74, 6) is 0. The smallest absolute Gasteiger partial charge is 0.152 e. The highest BCUT2D eigenvalue weighted by molar-refractivity contribution is 5.86. The minimum absolute atomic E-state index is 0.312. The quantitative estimate of drug-likeness (QED) is 0.515. The van der Waals surface area contributed by atoms with Crippen LogP contribution in [0.1, 0.15) is 30.2 Å². The van der Waals surface area contributed by atoms with Crippen molar-refractivity contribution >= 4 is 16.6 Å². The fraction of sp³-hybridized carbons (Fsp3) is 0.300. The monoisotopic (exact) mass is 319 g/mol. The Morgan fingerprint density at radius 3 is 2.79 bits per heavy atom. The highest BCUT2D eigenvalue weighted by atomic mass is 16.3. The molecule has 3 heterocycles. The van der Waals surface area contributed by atoms with E-state index in [4.69, 9.17) is 0 Å². The minimum Gasteiger partial charge on any atom is -0.371 e. The summed E-state index contributed by atoms with van der Waals surface area (Å²) in [5, 5.41) is 19.3. The van der Waals surface area contributed by atoms with E-state index in [1.54, 1.807) is 0 Å². The lowest BCUT2D eigenvalue weighted by Crippen LogP contribution is -2.54. The predicted molar refractivity (Wildman–Crippen MR) is 96.1 cm³/mol. The fourth-order valence-corrected chi connectivity index (χ4v) is 4.47. The van der Waals surface area contributed by atoms with Crippen LogP contribution >= 0.6 is 0 Å². The molecule has 0 saturated heterocycles. The number of H-pyrrole nitrogens is 1. The fourth-order valence-electron chi connectivity index (χ4n) is 4.47. The van der Waals surface area contributed by atoms with E-state index in [0.29, 0.717) is 6.04 Å². The lowest BCUT2D eigenvalue weighted by molar-refractivity contribution is 0.108. The molecule has 2 aliphatic heterocycles. The van der Waals surface area contributed by atoms with Gasteiger partial charge in [-0.3, -0.25) is 5.32 Å². The third-order valence-electron chi connectivity index (χ3n) is 5.56. The summed E-state index contributed by atoms with van der Waals surface area (Å²) in [6.07, 6.45) is 1.34. The van der Waals surface area contributed by atoms with Gasteiger partial charge in [0.1, 0.15) is 5.54 Å². The second-order valence-electron chi connectivity index (χ2n) is 7.01. The number of aromatic nitrogens is 1. The number of nitrogens with one attached hydrogen (secondary N) is 3. The standard InChI is InChI=1S/C20H21N3O/c1-12-10-11-14-13-6-2-4-8-16(13)21-18(14)20(23-12)15-7-3-5-9-17(15)22-19(20)24/h2-9,12,19,21-24H,10-11H2,1H3. The summed E-state index contributed by atoms with van der Waals surface area (Å²) in [7, 11) is 0. The molecule has 1 aromatic heterocycles. The summed E-state index contributed by atoms with van der Waals surface area (Å²) in [5.41, 5.74) is 5.02. The molecular formula is C20H21N3O. The van der Waals surface area contributed by atoms with Crippen molar-refractivity contribution in [1.29, 1.82) is 0 Å². The molecule has 3 unspecified atom stereocenters. The van der Waals surface area contributed by atoms with Crippen LogP contribution in [0.5, 0.6) is 0 Å². The number of aliphatic hydroxyl groups is 1. The van der Waals surface area contributed by atoms with Crippen molar-refractivity contribution in [3.05, 3.63) is 65.4 Å². The molecule has 24 heavy (non-hydrogen) atoms. The van der Waals surface area contributed by atoms with Gasteiger partial charge < -0.3 is 15.4 Å². The molecule has 4 heteroatoms. The van der Waals surface area contributed by atoms with Crippen molar-refractivity contribution in [3.8, 4) is 0 Å². The SMILES string of the molecule is CC1CCc2c([nH]c3ccccc23)C2(N1)c1ccccc1NC2O. The number of rotatable bonds is 0. The van der Waals surface area contributed by atoms with Gasteiger partial charge in [-0.2, -0.15) is 0 Å². The normalized spacial score (nSPS) is 28.4. The van der Waals surface area contributed by atoms with Crippen LogP contribution < -0.4 is 10.6 Å². The van der Waals surface area contributed by atoms with Crippen molar-refractivity contribution < 1.29 is 5.11 Å². The number of para-hydroxylation sites is 2. The Labute approximate surface area is 140 Å². The Bertz CT molecular complexity index is 932. The molecule has 5 rings (SSSR count). The van der Waals surface area contributed by atoms with Gasteiger partial charge in [-0.05, 0) is 37.5 Å². The molecule has 0 bridgehead atoms. The first-order valence-corrected chi connectivity index (χ1v) is 8.62. The second-order valence-corrected chi connectivity index (χ2v) is 7.01. The Balaban J connectivity index is 1.86. The van der Waals surface area contributed by atoms with E-state index >= 15 is 0 Å². The highest BCUT2D eigenvalue weighted by Gasteiger charge is 2.51. The van der Waals surface area contributed by atoms with Crippen LogP contribution in [-0.4, -0.2) is 22.4 Å². The van der Waals surface area contributed by atoms with Gasteiger partial charge in [-0.15, -0.1) is 0 Å². The Kier molecular flexibility index (Phi) is 2.84. The zero-order valence-electron chi connectivity index (χ0n) is 13.6. The summed E-state index contributed by atoms with van der Waals surface area (Å²) in [6, 6.07) is 16.9. The maximum atomic E-state index is 11.0. The summed E-state index contributed by atoms with van der Waals surface area (Å²) < 4.78 is 0. The molecule has 3 atom stereocenters. The van der Waals surface area contributed by atoms with Gasteiger partial charge in [-0.25, -0.2) is 0 Å². The third kappa shape index (κ3) is 1.70. The molecule has 122 valence electrons. The average molecular weight is 319 g/mol. The number of hydrogen-bond acceptors (Lipinski definition) is 3. The Morgan fingerprint density at radius 2 is 1.88 bits per heavy atom. The zero-order valence-corrected chi connectivity index (χ0v) is 13.6. The van der Waals surface area contributed by atoms with Gasteiger partial charge in [0.25, 0.3) is 0 Å². The maximum absolute atomic E-state index is 11.0. The number of aryl methyl sites for hydroxylation is 1. The maximum Gasteiger partial charge on any atom is 0.152 e. The van der Waals surface area contributed by atoms with E-state index in [0.717, 1.165) is 35.3 Å². The summed E-state index contributed by atoms with van der Waals surface area (Å²) in [6.45, 7) is 2.20. The number of aliphatic hydroxyl groups excluding tert-OH is 1. The minimum atomic E-state index is -0.706.